The van der Waals surface area contributed by atoms with Gasteiger partial charge in [0.25, 0.3) is 0 Å². The summed E-state index contributed by atoms with van der Waals surface area (Å²) in [5.41, 5.74) is 2.52. The van der Waals surface area contributed by atoms with E-state index in [0.29, 0.717) is 35.4 Å². The zero-order valence-corrected chi connectivity index (χ0v) is 15.9. The normalized spacial score (nSPS) is 12.5. The second-order valence-corrected chi connectivity index (χ2v) is 8.16. The van der Waals surface area contributed by atoms with Gasteiger partial charge in [-0.05, 0) is 54.8 Å². The third-order valence-corrected chi connectivity index (χ3v) is 7.00. The van der Waals surface area contributed by atoms with Crippen LogP contribution in [0.3, 0.4) is 0 Å². The largest absolute Gasteiger partial charge is 0.497 e. The summed E-state index contributed by atoms with van der Waals surface area (Å²) in [5, 5.41) is -1.21. The van der Waals surface area contributed by atoms with Gasteiger partial charge >= 0.3 is 7.60 Å². The van der Waals surface area contributed by atoms with Gasteiger partial charge in [0.15, 0.2) is 5.58 Å². The molecule has 0 amide bonds. The molecule has 0 fully saturated rings. The molecule has 0 spiro atoms. The van der Waals surface area contributed by atoms with E-state index in [1.54, 1.807) is 39.2 Å². The van der Waals surface area contributed by atoms with Crippen molar-refractivity contribution < 1.29 is 23.5 Å². The molecule has 0 saturated heterocycles. The van der Waals surface area contributed by atoms with Crippen molar-refractivity contribution in [2.45, 2.75) is 31.8 Å². The number of nitrogens with zero attached hydrogens (tertiary/aromatic N) is 1. The number of hydrogen-bond donors (Lipinski definition) is 2. The molecule has 26 heavy (non-hydrogen) atoms. The van der Waals surface area contributed by atoms with E-state index >= 15 is 0 Å². The predicted octanol–water partition coefficient (Wildman–Crippen LogP) is 4.70. The van der Waals surface area contributed by atoms with Gasteiger partial charge in [-0.1, -0.05) is 19.9 Å². The van der Waals surface area contributed by atoms with E-state index in [1.165, 1.54) is 0 Å². The van der Waals surface area contributed by atoms with Crippen molar-refractivity contribution >= 4 is 18.7 Å². The van der Waals surface area contributed by atoms with Crippen LogP contribution in [0, 0.1) is 0 Å². The summed E-state index contributed by atoms with van der Waals surface area (Å²) >= 11 is 0. The molecule has 138 valence electrons. The first kappa shape index (κ1) is 18.6. The molecule has 0 aliphatic heterocycles. The molecule has 0 radical (unpaired) electrons. The molecule has 1 heterocycles. The molecular weight excluding hydrogens is 353 g/mol. The highest BCUT2D eigenvalue weighted by molar-refractivity contribution is 7.53. The zero-order chi connectivity index (χ0) is 18.9. The first-order valence-corrected chi connectivity index (χ1v) is 10.1. The van der Waals surface area contributed by atoms with Gasteiger partial charge < -0.3 is 18.9 Å². The van der Waals surface area contributed by atoms with Crippen LogP contribution in [-0.2, 0) is 9.72 Å². The molecule has 1 aromatic heterocycles. The fraction of sp³-hybridized carbons (Fsp3) is 0.316. The molecule has 0 atom stereocenters. The van der Waals surface area contributed by atoms with Gasteiger partial charge in [0.05, 0.1) is 12.3 Å². The zero-order valence-electron chi connectivity index (χ0n) is 15.0. The smallest absolute Gasteiger partial charge is 0.335 e. The standard InChI is InChI=1S/C19H22NO5P/c1-4-19(5-2,26(21,22)23)14-8-11-16-17(12-14)25-18(20-16)13-6-9-15(24-3)10-7-13/h6-12H,4-5H2,1-3H3,(H2,21,22,23). The lowest BCUT2D eigenvalue weighted by molar-refractivity contribution is 0.315. The average molecular weight is 375 g/mol. The topological polar surface area (TPSA) is 92.8 Å². The van der Waals surface area contributed by atoms with Gasteiger partial charge in [0.1, 0.15) is 11.3 Å². The summed E-state index contributed by atoms with van der Waals surface area (Å²) in [6.45, 7) is 3.58. The SMILES string of the molecule is CCC(CC)(c1ccc2nc(-c3ccc(OC)cc3)oc2c1)P(=O)(O)O. The summed E-state index contributed by atoms with van der Waals surface area (Å²) in [7, 11) is -2.74. The summed E-state index contributed by atoms with van der Waals surface area (Å²) in [4.78, 5) is 24.4. The Balaban J connectivity index is 2.08. The van der Waals surface area contributed by atoms with Crippen LogP contribution in [0.2, 0.25) is 0 Å². The Morgan fingerprint density at radius 1 is 1.12 bits per heavy atom. The molecular formula is C19H22NO5P. The highest BCUT2D eigenvalue weighted by atomic mass is 31.2. The van der Waals surface area contributed by atoms with E-state index in [0.717, 1.165) is 11.3 Å². The van der Waals surface area contributed by atoms with Crippen molar-refractivity contribution in [1.29, 1.82) is 0 Å². The van der Waals surface area contributed by atoms with Crippen molar-refractivity contribution in [2.75, 3.05) is 7.11 Å². The highest BCUT2D eigenvalue weighted by Crippen LogP contribution is 2.61. The number of aromatic nitrogens is 1. The lowest BCUT2D eigenvalue weighted by Crippen LogP contribution is -2.24. The Hall–Kier alpha value is -2.14. The molecule has 2 N–H and O–H groups in total. The summed E-state index contributed by atoms with van der Waals surface area (Å²) in [6, 6.07) is 12.5. The summed E-state index contributed by atoms with van der Waals surface area (Å²) < 4.78 is 23.2. The van der Waals surface area contributed by atoms with Gasteiger partial charge in [0.2, 0.25) is 5.89 Å². The van der Waals surface area contributed by atoms with Crippen LogP contribution in [0.25, 0.3) is 22.6 Å². The molecule has 3 aromatic rings. The van der Waals surface area contributed by atoms with Crippen LogP contribution in [-0.4, -0.2) is 21.9 Å². The van der Waals surface area contributed by atoms with Gasteiger partial charge in [0, 0.05) is 5.56 Å². The maximum Gasteiger partial charge on any atom is 0.335 e. The van der Waals surface area contributed by atoms with Crippen LogP contribution >= 0.6 is 7.60 Å². The molecule has 0 bridgehead atoms. The lowest BCUT2D eigenvalue weighted by atomic mass is 9.92. The second-order valence-electron chi connectivity index (χ2n) is 6.21. The van der Waals surface area contributed by atoms with Crippen molar-refractivity contribution in [1.82, 2.24) is 4.98 Å². The third-order valence-electron chi connectivity index (χ3n) is 4.99. The highest BCUT2D eigenvalue weighted by Gasteiger charge is 2.45. The first-order chi connectivity index (χ1) is 12.3. The van der Waals surface area contributed by atoms with E-state index in [2.05, 4.69) is 4.98 Å². The molecule has 3 rings (SSSR count). The van der Waals surface area contributed by atoms with E-state index in [4.69, 9.17) is 9.15 Å². The fourth-order valence-electron chi connectivity index (χ4n) is 3.31. The maximum absolute atomic E-state index is 12.2. The fourth-order valence-corrected chi connectivity index (χ4v) is 4.61. The Morgan fingerprint density at radius 2 is 1.77 bits per heavy atom. The van der Waals surface area contributed by atoms with Gasteiger partial charge in [-0.15, -0.1) is 0 Å². The first-order valence-electron chi connectivity index (χ1n) is 8.45. The van der Waals surface area contributed by atoms with Crippen molar-refractivity contribution in [3.05, 3.63) is 48.0 Å². The predicted molar refractivity (Wildman–Crippen MR) is 100 cm³/mol. The third kappa shape index (κ3) is 3.05. The number of fused-ring (bicyclic) bond motifs is 1. The number of ether oxygens (including phenoxy) is 1. The number of oxazole rings is 1. The monoisotopic (exact) mass is 375 g/mol. The lowest BCUT2D eigenvalue weighted by Gasteiger charge is -2.32. The summed E-state index contributed by atoms with van der Waals surface area (Å²) in [6.07, 6.45) is 0.664. The van der Waals surface area contributed by atoms with E-state index in [9.17, 15) is 14.4 Å². The Labute approximate surface area is 152 Å². The number of methoxy groups -OCH3 is 1. The van der Waals surface area contributed by atoms with Gasteiger partial charge in [-0.25, -0.2) is 4.98 Å². The Kier molecular flexibility index (Phi) is 4.93. The Bertz CT molecular complexity index is 954. The minimum Gasteiger partial charge on any atom is -0.497 e. The number of benzene rings is 2. The van der Waals surface area contributed by atoms with Crippen LogP contribution in [0.1, 0.15) is 32.3 Å². The molecule has 0 aliphatic carbocycles. The van der Waals surface area contributed by atoms with Crippen molar-refractivity contribution in [2.24, 2.45) is 0 Å². The Morgan fingerprint density at radius 3 is 2.31 bits per heavy atom. The quantitative estimate of drug-likeness (QED) is 0.607. The molecule has 0 aliphatic rings. The van der Waals surface area contributed by atoms with Crippen molar-refractivity contribution in [3.8, 4) is 17.2 Å². The average Bonchev–Trinajstić information content (AvgIpc) is 3.05. The molecule has 0 unspecified atom stereocenters. The minimum absolute atomic E-state index is 0.332. The number of hydrogen-bond acceptors (Lipinski definition) is 4. The number of rotatable bonds is 6. The second kappa shape index (κ2) is 6.88. The van der Waals surface area contributed by atoms with E-state index in [1.807, 2.05) is 24.3 Å². The van der Waals surface area contributed by atoms with Crippen LogP contribution in [0.4, 0.5) is 0 Å². The van der Waals surface area contributed by atoms with Gasteiger partial charge in [-0.2, -0.15) is 0 Å². The van der Waals surface area contributed by atoms with Crippen LogP contribution < -0.4 is 4.74 Å². The van der Waals surface area contributed by atoms with Crippen LogP contribution in [0.15, 0.2) is 46.9 Å². The molecule has 7 heteroatoms. The molecule has 2 aromatic carbocycles. The van der Waals surface area contributed by atoms with Gasteiger partial charge in [-0.3, -0.25) is 4.57 Å². The van der Waals surface area contributed by atoms with Crippen molar-refractivity contribution in [3.63, 3.8) is 0 Å². The minimum atomic E-state index is -4.34. The van der Waals surface area contributed by atoms with E-state index < -0.39 is 12.8 Å². The van der Waals surface area contributed by atoms with Crippen LogP contribution in [0.5, 0.6) is 5.75 Å². The molecule has 6 nitrogen and oxygen atoms in total. The summed E-state index contributed by atoms with van der Waals surface area (Å²) in [5.74, 6) is 1.19. The molecule has 0 saturated carbocycles. The maximum atomic E-state index is 12.2. The van der Waals surface area contributed by atoms with E-state index in [-0.39, 0.29) is 0 Å².